The maximum absolute atomic E-state index is 8.83. The molecule has 3 nitrogen and oxygen atoms in total. The Balaban J connectivity index is 1.81. The van der Waals surface area contributed by atoms with Gasteiger partial charge >= 0.3 is 0 Å². The Labute approximate surface area is 78.0 Å². The molecule has 2 rings (SSSR count). The summed E-state index contributed by atoms with van der Waals surface area (Å²) < 4.78 is 0. The highest BCUT2D eigenvalue weighted by atomic mass is 16.3. The van der Waals surface area contributed by atoms with E-state index in [2.05, 4.69) is 9.88 Å². The SMILES string of the molecule is OCC1CN(Cc2ccccn2)C1. The monoisotopic (exact) mass is 178 g/mol. The van der Waals surface area contributed by atoms with E-state index in [-0.39, 0.29) is 0 Å². The average molecular weight is 178 g/mol. The first-order chi connectivity index (χ1) is 6.38. The van der Waals surface area contributed by atoms with E-state index in [1.54, 1.807) is 0 Å². The molecule has 2 heterocycles. The van der Waals surface area contributed by atoms with Crippen molar-refractivity contribution in [2.75, 3.05) is 19.7 Å². The van der Waals surface area contributed by atoms with Crippen LogP contribution in [-0.2, 0) is 6.54 Å². The van der Waals surface area contributed by atoms with Crippen LogP contribution in [0.1, 0.15) is 5.69 Å². The summed E-state index contributed by atoms with van der Waals surface area (Å²) in [5.41, 5.74) is 1.11. The lowest BCUT2D eigenvalue weighted by molar-refractivity contribution is 0.0470. The van der Waals surface area contributed by atoms with E-state index in [1.165, 1.54) is 0 Å². The minimum absolute atomic E-state index is 0.318. The zero-order valence-corrected chi connectivity index (χ0v) is 7.56. The molecule has 3 heteroatoms. The Bertz CT molecular complexity index is 257. The Hall–Kier alpha value is -0.930. The third-order valence-corrected chi connectivity index (χ3v) is 2.40. The molecule has 0 unspecified atom stereocenters. The van der Waals surface area contributed by atoms with Crippen LogP contribution in [0.5, 0.6) is 0 Å². The Morgan fingerprint density at radius 3 is 2.92 bits per heavy atom. The van der Waals surface area contributed by atoms with Gasteiger partial charge < -0.3 is 5.11 Å². The first kappa shape index (κ1) is 8.66. The molecule has 13 heavy (non-hydrogen) atoms. The number of aliphatic hydroxyl groups excluding tert-OH is 1. The standard InChI is InChI=1S/C10H14N2O/c13-8-9-5-12(6-9)7-10-3-1-2-4-11-10/h1-4,9,13H,5-8H2. The molecule has 0 bridgehead atoms. The number of aromatic nitrogens is 1. The number of likely N-dealkylation sites (tertiary alicyclic amines) is 1. The van der Waals surface area contributed by atoms with E-state index >= 15 is 0 Å². The fourth-order valence-electron chi connectivity index (χ4n) is 1.64. The van der Waals surface area contributed by atoms with E-state index in [9.17, 15) is 0 Å². The first-order valence-corrected chi connectivity index (χ1v) is 4.61. The number of hydrogen-bond donors (Lipinski definition) is 1. The van der Waals surface area contributed by atoms with Gasteiger partial charge in [0.15, 0.2) is 0 Å². The predicted octanol–water partition coefficient (Wildman–Crippen LogP) is 0.506. The van der Waals surface area contributed by atoms with E-state index in [0.29, 0.717) is 12.5 Å². The van der Waals surface area contributed by atoms with Crippen molar-refractivity contribution in [2.45, 2.75) is 6.54 Å². The second-order valence-corrected chi connectivity index (χ2v) is 3.56. The summed E-state index contributed by atoms with van der Waals surface area (Å²) in [6.07, 6.45) is 1.82. The molecule has 70 valence electrons. The summed E-state index contributed by atoms with van der Waals surface area (Å²) in [5.74, 6) is 0.490. The zero-order valence-electron chi connectivity index (χ0n) is 7.56. The van der Waals surface area contributed by atoms with Gasteiger partial charge in [-0.05, 0) is 12.1 Å². The third kappa shape index (κ3) is 2.05. The minimum Gasteiger partial charge on any atom is -0.396 e. The maximum Gasteiger partial charge on any atom is 0.0543 e. The van der Waals surface area contributed by atoms with E-state index in [0.717, 1.165) is 25.3 Å². The van der Waals surface area contributed by atoms with Crippen LogP contribution in [0.15, 0.2) is 24.4 Å². The van der Waals surface area contributed by atoms with Crippen molar-refractivity contribution < 1.29 is 5.11 Å². The van der Waals surface area contributed by atoms with Gasteiger partial charge in [-0.3, -0.25) is 9.88 Å². The predicted molar refractivity (Wildman–Crippen MR) is 50.1 cm³/mol. The van der Waals surface area contributed by atoms with Gasteiger partial charge in [0.1, 0.15) is 0 Å². The fraction of sp³-hybridized carbons (Fsp3) is 0.500. The number of aliphatic hydroxyl groups is 1. The number of rotatable bonds is 3. The lowest BCUT2D eigenvalue weighted by Gasteiger charge is -2.37. The van der Waals surface area contributed by atoms with Crippen molar-refractivity contribution in [1.82, 2.24) is 9.88 Å². The lowest BCUT2D eigenvalue weighted by atomic mass is 10.0. The topological polar surface area (TPSA) is 36.4 Å². The quantitative estimate of drug-likeness (QED) is 0.732. The summed E-state index contributed by atoms with van der Waals surface area (Å²) in [5, 5.41) is 8.83. The summed E-state index contributed by atoms with van der Waals surface area (Å²) >= 11 is 0. The van der Waals surface area contributed by atoms with Gasteiger partial charge in [0, 0.05) is 38.4 Å². The molecule has 0 spiro atoms. The summed E-state index contributed by atoms with van der Waals surface area (Å²) in [6, 6.07) is 5.97. The molecule has 1 fully saturated rings. The Morgan fingerprint density at radius 2 is 2.31 bits per heavy atom. The van der Waals surface area contributed by atoms with Crippen molar-refractivity contribution in [2.24, 2.45) is 5.92 Å². The highest BCUT2D eigenvalue weighted by Crippen LogP contribution is 2.16. The molecule has 1 aromatic rings. The Morgan fingerprint density at radius 1 is 1.46 bits per heavy atom. The molecule has 1 N–H and O–H groups in total. The normalized spacial score (nSPS) is 18.5. The number of nitrogens with zero attached hydrogens (tertiary/aromatic N) is 2. The van der Waals surface area contributed by atoms with Gasteiger partial charge in [0.2, 0.25) is 0 Å². The summed E-state index contributed by atoms with van der Waals surface area (Å²) in [4.78, 5) is 6.54. The van der Waals surface area contributed by atoms with Crippen molar-refractivity contribution in [3.8, 4) is 0 Å². The number of pyridine rings is 1. The first-order valence-electron chi connectivity index (χ1n) is 4.61. The van der Waals surface area contributed by atoms with Crippen LogP contribution in [0.2, 0.25) is 0 Å². The second-order valence-electron chi connectivity index (χ2n) is 3.56. The van der Waals surface area contributed by atoms with E-state index < -0.39 is 0 Å². The van der Waals surface area contributed by atoms with Crippen LogP contribution < -0.4 is 0 Å². The largest absolute Gasteiger partial charge is 0.396 e. The Kier molecular flexibility index (Phi) is 2.57. The van der Waals surface area contributed by atoms with Gasteiger partial charge in [0.05, 0.1) is 5.69 Å². The number of hydrogen-bond acceptors (Lipinski definition) is 3. The highest BCUT2D eigenvalue weighted by Gasteiger charge is 2.25. The molecule has 0 saturated carbocycles. The average Bonchev–Trinajstić information content (AvgIpc) is 2.12. The summed E-state index contributed by atoms with van der Waals surface area (Å²) in [7, 11) is 0. The minimum atomic E-state index is 0.318. The smallest absolute Gasteiger partial charge is 0.0543 e. The maximum atomic E-state index is 8.83. The molecule has 1 aliphatic rings. The van der Waals surface area contributed by atoms with Gasteiger partial charge in [-0.15, -0.1) is 0 Å². The fourth-order valence-corrected chi connectivity index (χ4v) is 1.64. The zero-order chi connectivity index (χ0) is 9.10. The van der Waals surface area contributed by atoms with Gasteiger partial charge in [-0.1, -0.05) is 6.07 Å². The van der Waals surface area contributed by atoms with Gasteiger partial charge in [0.25, 0.3) is 0 Å². The third-order valence-electron chi connectivity index (χ3n) is 2.40. The van der Waals surface area contributed by atoms with Crippen molar-refractivity contribution >= 4 is 0 Å². The molecule has 1 aliphatic heterocycles. The van der Waals surface area contributed by atoms with Crippen LogP contribution in [0, 0.1) is 5.92 Å². The van der Waals surface area contributed by atoms with Crippen LogP contribution in [0.3, 0.4) is 0 Å². The molecule has 0 aromatic carbocycles. The molecule has 0 atom stereocenters. The van der Waals surface area contributed by atoms with E-state index in [4.69, 9.17) is 5.11 Å². The van der Waals surface area contributed by atoms with Crippen LogP contribution in [0.4, 0.5) is 0 Å². The van der Waals surface area contributed by atoms with Crippen LogP contribution >= 0.6 is 0 Å². The molecule has 0 radical (unpaired) electrons. The van der Waals surface area contributed by atoms with Gasteiger partial charge in [-0.25, -0.2) is 0 Å². The molecule has 1 saturated heterocycles. The molecule has 0 aliphatic carbocycles. The summed E-state index contributed by atoms with van der Waals surface area (Å²) in [6.45, 7) is 3.25. The van der Waals surface area contributed by atoms with E-state index in [1.807, 2.05) is 24.4 Å². The van der Waals surface area contributed by atoms with Crippen molar-refractivity contribution in [3.63, 3.8) is 0 Å². The highest BCUT2D eigenvalue weighted by molar-refractivity contribution is 5.04. The molecule has 0 amide bonds. The molecular weight excluding hydrogens is 164 g/mol. The van der Waals surface area contributed by atoms with Crippen molar-refractivity contribution in [1.29, 1.82) is 0 Å². The van der Waals surface area contributed by atoms with Crippen molar-refractivity contribution in [3.05, 3.63) is 30.1 Å². The molecule has 1 aromatic heterocycles. The molecular formula is C10H14N2O. The van der Waals surface area contributed by atoms with Crippen LogP contribution in [0.25, 0.3) is 0 Å². The van der Waals surface area contributed by atoms with Crippen LogP contribution in [-0.4, -0.2) is 34.7 Å². The van der Waals surface area contributed by atoms with Gasteiger partial charge in [-0.2, -0.15) is 0 Å². The lowest BCUT2D eigenvalue weighted by Crippen LogP contribution is -2.47. The second kappa shape index (κ2) is 3.85.